The van der Waals surface area contributed by atoms with Gasteiger partial charge in [0.15, 0.2) is 0 Å². The molecule has 1 unspecified atom stereocenters. The molecule has 2 atom stereocenters. The highest BCUT2D eigenvalue weighted by Crippen LogP contribution is 2.38. The quantitative estimate of drug-likeness (QED) is 0.216. The Balaban J connectivity index is 1.18. The van der Waals surface area contributed by atoms with Crippen LogP contribution in [0.25, 0.3) is 15.6 Å². The van der Waals surface area contributed by atoms with Crippen molar-refractivity contribution in [3.8, 4) is 6.01 Å². The molecule has 0 spiro atoms. The van der Waals surface area contributed by atoms with Gasteiger partial charge < -0.3 is 24.3 Å². The summed E-state index contributed by atoms with van der Waals surface area (Å²) in [6.07, 6.45) is 9.51. The molecule has 47 heavy (non-hydrogen) atoms. The Bertz CT molecular complexity index is 1680. The van der Waals surface area contributed by atoms with Gasteiger partial charge >= 0.3 is 6.01 Å². The molecule has 0 radical (unpaired) electrons. The summed E-state index contributed by atoms with van der Waals surface area (Å²) in [7, 11) is 0. The third-order valence-electron chi connectivity index (χ3n) is 10.3. The lowest BCUT2D eigenvalue weighted by atomic mass is 9.99. The van der Waals surface area contributed by atoms with E-state index < -0.39 is 6.67 Å². The van der Waals surface area contributed by atoms with E-state index in [-0.39, 0.29) is 18.5 Å². The molecule has 3 aliphatic heterocycles. The standard InChI is InChI=1S/C36H41ClFN7O2/c1-39-21-28-22-43(19-20-45(28)33(46)13-6-16-38)35-29-15-17-42(32-12-5-8-25-7-4-11-30(37)34(25)32)23-31(29)40-36(41-35)47-24-27-14-18-44(27)26-9-2-3-10-26/h4-8,11-13,26-28H,2-3,9-10,14-24H2/b13-6+/t27?,28-/m0/s1. The molecule has 3 aromatic rings. The maximum atomic E-state index is 12.9. The van der Waals surface area contributed by atoms with Crippen LogP contribution in [-0.2, 0) is 17.8 Å². The predicted molar refractivity (Wildman–Crippen MR) is 183 cm³/mol. The number of carbonyl (C=O) groups excluding carboxylic acids is 1. The summed E-state index contributed by atoms with van der Waals surface area (Å²) in [5, 5.41) is 2.86. The van der Waals surface area contributed by atoms with Crippen LogP contribution in [0.3, 0.4) is 0 Å². The van der Waals surface area contributed by atoms with Gasteiger partial charge in [0.1, 0.15) is 25.1 Å². The number of likely N-dealkylation sites (tertiary alicyclic amines) is 1. The van der Waals surface area contributed by atoms with Crippen molar-refractivity contribution in [1.29, 1.82) is 0 Å². The number of hydrogen-bond donors (Lipinski definition) is 0. The largest absolute Gasteiger partial charge is 0.462 e. The van der Waals surface area contributed by atoms with Crippen LogP contribution in [0.1, 0.15) is 43.4 Å². The van der Waals surface area contributed by atoms with Crippen LogP contribution < -0.4 is 14.5 Å². The minimum atomic E-state index is -0.698. The van der Waals surface area contributed by atoms with Crippen molar-refractivity contribution in [2.24, 2.45) is 0 Å². The first kappa shape index (κ1) is 31.6. The zero-order valence-electron chi connectivity index (χ0n) is 26.7. The van der Waals surface area contributed by atoms with Crippen LogP contribution in [0.2, 0.25) is 5.02 Å². The van der Waals surface area contributed by atoms with Crippen LogP contribution >= 0.6 is 11.6 Å². The van der Waals surface area contributed by atoms with E-state index in [2.05, 4.69) is 43.8 Å². The smallest absolute Gasteiger partial charge is 0.318 e. The van der Waals surface area contributed by atoms with Gasteiger partial charge in [-0.15, -0.1) is 0 Å². The lowest BCUT2D eigenvalue weighted by Gasteiger charge is -2.44. The molecular formula is C36H41ClFN7O2. The number of ether oxygens (including phenoxy) is 1. The highest BCUT2D eigenvalue weighted by Gasteiger charge is 2.37. The summed E-state index contributed by atoms with van der Waals surface area (Å²) in [6, 6.07) is 13.4. The second-order valence-corrected chi connectivity index (χ2v) is 13.4. The molecule has 4 aliphatic rings. The lowest BCUT2D eigenvalue weighted by molar-refractivity contribution is -0.128. The van der Waals surface area contributed by atoms with Gasteiger partial charge in [-0.3, -0.25) is 9.69 Å². The predicted octanol–water partition coefficient (Wildman–Crippen LogP) is 5.70. The van der Waals surface area contributed by atoms with Crippen molar-refractivity contribution in [3.05, 3.63) is 76.2 Å². The monoisotopic (exact) mass is 657 g/mol. The highest BCUT2D eigenvalue weighted by atomic mass is 35.5. The Kier molecular flexibility index (Phi) is 9.46. The van der Waals surface area contributed by atoms with Gasteiger partial charge in [0, 0.05) is 67.5 Å². The fourth-order valence-corrected chi connectivity index (χ4v) is 8.11. The van der Waals surface area contributed by atoms with Crippen molar-refractivity contribution >= 4 is 39.8 Å². The fraction of sp³-hybridized carbons (Fsp3) is 0.500. The normalized spacial score (nSPS) is 22.0. The van der Waals surface area contributed by atoms with Crippen molar-refractivity contribution < 1.29 is 13.9 Å². The van der Waals surface area contributed by atoms with E-state index >= 15 is 0 Å². The minimum Gasteiger partial charge on any atom is -0.462 e. The number of aromatic nitrogens is 2. The lowest BCUT2D eigenvalue weighted by Crippen LogP contribution is -2.56. The number of hydrogen-bond acceptors (Lipinski definition) is 7. The number of halogens is 2. The van der Waals surface area contributed by atoms with Gasteiger partial charge in [0.2, 0.25) is 12.5 Å². The van der Waals surface area contributed by atoms with Crippen LogP contribution in [-0.4, -0.2) is 96.4 Å². The molecule has 246 valence electrons. The Morgan fingerprint density at radius 1 is 1.04 bits per heavy atom. The molecule has 4 heterocycles. The number of alkyl halides is 1. The molecule has 9 nitrogen and oxygen atoms in total. The number of amides is 1. The Morgan fingerprint density at radius 2 is 1.87 bits per heavy atom. The van der Waals surface area contributed by atoms with E-state index in [9.17, 15) is 9.18 Å². The molecule has 7 rings (SSSR count). The van der Waals surface area contributed by atoms with Gasteiger partial charge in [-0.2, -0.15) is 9.97 Å². The van der Waals surface area contributed by atoms with Gasteiger partial charge in [0.25, 0.3) is 0 Å². The molecule has 2 aromatic carbocycles. The second-order valence-electron chi connectivity index (χ2n) is 13.0. The minimum absolute atomic E-state index is 0.163. The number of fused-ring (bicyclic) bond motifs is 2. The first-order valence-electron chi connectivity index (χ1n) is 16.9. The zero-order chi connectivity index (χ0) is 32.3. The summed E-state index contributed by atoms with van der Waals surface area (Å²) in [6.45, 7) is 11.5. The van der Waals surface area contributed by atoms with Crippen molar-refractivity contribution in [3.63, 3.8) is 0 Å². The van der Waals surface area contributed by atoms with Crippen LogP contribution in [0, 0.1) is 6.57 Å². The van der Waals surface area contributed by atoms with E-state index in [0.717, 1.165) is 64.5 Å². The maximum Gasteiger partial charge on any atom is 0.318 e. The first-order chi connectivity index (χ1) is 23.0. The van der Waals surface area contributed by atoms with E-state index in [1.807, 2.05) is 12.1 Å². The molecule has 0 bridgehead atoms. The van der Waals surface area contributed by atoms with Crippen LogP contribution in [0.5, 0.6) is 6.01 Å². The number of piperazine rings is 1. The topological polar surface area (TPSA) is 69.4 Å². The van der Waals surface area contributed by atoms with Crippen LogP contribution in [0.15, 0.2) is 48.6 Å². The average molecular weight is 658 g/mol. The number of carbonyl (C=O) groups is 1. The average Bonchev–Trinajstić information content (AvgIpc) is 3.60. The van der Waals surface area contributed by atoms with Gasteiger partial charge in [-0.1, -0.05) is 48.7 Å². The van der Waals surface area contributed by atoms with Crippen LogP contribution in [0.4, 0.5) is 15.9 Å². The molecule has 1 saturated carbocycles. The number of nitrogens with zero attached hydrogens (tertiary/aromatic N) is 7. The van der Waals surface area contributed by atoms with Crippen molar-refractivity contribution in [2.45, 2.75) is 63.2 Å². The van der Waals surface area contributed by atoms with E-state index in [0.29, 0.717) is 50.9 Å². The van der Waals surface area contributed by atoms with E-state index in [1.165, 1.54) is 37.8 Å². The SMILES string of the molecule is [C-]#[N+]C[C@H]1CN(c2nc(OCC3CCN3C3CCCC3)nc3c2CCN(c2cccc4cccc(Cl)c24)C3)CCN1C(=O)/C=C/CF. The van der Waals surface area contributed by atoms with E-state index in [1.54, 1.807) is 4.90 Å². The van der Waals surface area contributed by atoms with Gasteiger partial charge in [-0.25, -0.2) is 11.0 Å². The van der Waals surface area contributed by atoms with E-state index in [4.69, 9.17) is 32.9 Å². The summed E-state index contributed by atoms with van der Waals surface area (Å²) >= 11 is 6.73. The molecule has 1 aliphatic carbocycles. The molecule has 11 heteroatoms. The van der Waals surface area contributed by atoms with Crippen molar-refractivity contribution in [2.75, 3.05) is 62.3 Å². The molecule has 1 amide bonds. The number of rotatable bonds is 9. The number of benzene rings is 2. The summed E-state index contributed by atoms with van der Waals surface area (Å²) in [5.74, 6) is 0.560. The number of anilines is 2. The highest BCUT2D eigenvalue weighted by molar-refractivity contribution is 6.36. The molecule has 0 N–H and O–H groups in total. The maximum absolute atomic E-state index is 12.9. The number of allylic oxidation sites excluding steroid dienone is 1. The van der Waals surface area contributed by atoms with Gasteiger partial charge in [0.05, 0.1) is 17.3 Å². The summed E-state index contributed by atoms with van der Waals surface area (Å²) in [5.41, 5.74) is 3.08. The van der Waals surface area contributed by atoms with Gasteiger partial charge in [-0.05, 0) is 49.3 Å². The molecule has 1 aromatic heterocycles. The third-order valence-corrected chi connectivity index (χ3v) is 10.6. The Hall–Kier alpha value is -3.94. The second kappa shape index (κ2) is 14.0. The fourth-order valence-electron chi connectivity index (χ4n) is 7.83. The molecule has 3 fully saturated rings. The third kappa shape index (κ3) is 6.48. The summed E-state index contributed by atoms with van der Waals surface area (Å²) in [4.78, 5) is 35.3. The molecule has 2 saturated heterocycles. The first-order valence-corrected chi connectivity index (χ1v) is 17.2. The zero-order valence-corrected chi connectivity index (χ0v) is 27.4. The summed E-state index contributed by atoms with van der Waals surface area (Å²) < 4.78 is 19.2. The Labute approximate surface area is 280 Å². The van der Waals surface area contributed by atoms with Crippen molar-refractivity contribution in [1.82, 2.24) is 19.8 Å². The Morgan fingerprint density at radius 3 is 2.64 bits per heavy atom. The molecular weight excluding hydrogens is 617 g/mol.